The second-order valence-corrected chi connectivity index (χ2v) is 13.1. The van der Waals surface area contributed by atoms with Gasteiger partial charge in [-0.3, -0.25) is 4.79 Å². The summed E-state index contributed by atoms with van der Waals surface area (Å²) in [5.74, 6) is -2.35. The van der Waals surface area contributed by atoms with Crippen LogP contribution in [0.4, 0.5) is 16.6 Å². The molecule has 0 radical (unpaired) electrons. The van der Waals surface area contributed by atoms with Gasteiger partial charge in [-0.1, -0.05) is 18.2 Å². The SMILES string of the molecule is COC(=O)C1CC(Oc2cc(-c3c(C)cccc3C)nc(NS(=O)(=O)c3cccc([N+](=O)[O-])n3)n2)CN(C(=O)OC(C)(C)C)C1. The van der Waals surface area contributed by atoms with Crippen LogP contribution in [0.1, 0.15) is 38.3 Å². The molecule has 1 N–H and O–H groups in total. The lowest BCUT2D eigenvalue weighted by atomic mass is 9.96. The fraction of sp³-hybridized carbons (Fsp3) is 0.414. The summed E-state index contributed by atoms with van der Waals surface area (Å²) >= 11 is 0. The molecule has 1 amide bonds. The molecule has 1 aliphatic rings. The highest BCUT2D eigenvalue weighted by Gasteiger charge is 2.38. The van der Waals surface area contributed by atoms with Gasteiger partial charge >= 0.3 is 27.9 Å². The minimum atomic E-state index is -4.48. The van der Waals surface area contributed by atoms with Gasteiger partial charge in [-0.15, -0.1) is 0 Å². The minimum absolute atomic E-state index is 0.0454. The molecule has 3 aromatic rings. The highest BCUT2D eigenvalue weighted by atomic mass is 32.2. The van der Waals surface area contributed by atoms with Crippen molar-refractivity contribution in [3.8, 4) is 17.1 Å². The van der Waals surface area contributed by atoms with Gasteiger partial charge in [0.15, 0.2) is 0 Å². The van der Waals surface area contributed by atoms with Crippen molar-refractivity contribution < 1.29 is 37.1 Å². The van der Waals surface area contributed by atoms with Crippen LogP contribution in [-0.4, -0.2) is 77.2 Å². The van der Waals surface area contributed by atoms with Crippen molar-refractivity contribution in [3.05, 3.63) is 63.7 Å². The molecule has 2 atom stereocenters. The van der Waals surface area contributed by atoms with E-state index in [9.17, 15) is 28.1 Å². The lowest BCUT2D eigenvalue weighted by Crippen LogP contribution is -2.51. The zero-order valence-corrected chi connectivity index (χ0v) is 26.5. The van der Waals surface area contributed by atoms with Crippen LogP contribution < -0.4 is 9.46 Å². The van der Waals surface area contributed by atoms with Gasteiger partial charge in [0, 0.05) is 36.7 Å². The van der Waals surface area contributed by atoms with E-state index in [-0.39, 0.29) is 31.3 Å². The fourth-order valence-electron chi connectivity index (χ4n) is 4.83. The monoisotopic (exact) mass is 642 g/mol. The number of aromatic nitrogens is 3. The maximum atomic E-state index is 13.2. The van der Waals surface area contributed by atoms with Gasteiger partial charge in [0.2, 0.25) is 11.8 Å². The lowest BCUT2D eigenvalue weighted by Gasteiger charge is -2.37. The largest absolute Gasteiger partial charge is 0.472 e. The van der Waals surface area contributed by atoms with Crippen LogP contribution in [-0.2, 0) is 24.3 Å². The Morgan fingerprint density at radius 1 is 1.04 bits per heavy atom. The molecule has 240 valence electrons. The normalized spacial score (nSPS) is 16.9. The number of carbonyl (C=O) groups excluding carboxylic acids is 2. The zero-order chi connectivity index (χ0) is 33.1. The molecule has 0 spiro atoms. The first kappa shape index (κ1) is 33.0. The Morgan fingerprint density at radius 2 is 1.71 bits per heavy atom. The predicted octanol–water partition coefficient (Wildman–Crippen LogP) is 4.04. The van der Waals surface area contributed by atoms with Crippen molar-refractivity contribution >= 4 is 33.9 Å². The van der Waals surface area contributed by atoms with Crippen LogP contribution in [0.3, 0.4) is 0 Å². The average molecular weight is 643 g/mol. The number of aryl methyl sites for hydroxylation is 2. The summed E-state index contributed by atoms with van der Waals surface area (Å²) in [5.41, 5.74) is 1.93. The van der Waals surface area contributed by atoms with Crippen molar-refractivity contribution in [1.82, 2.24) is 19.9 Å². The third-order valence-corrected chi connectivity index (χ3v) is 7.95. The molecule has 1 saturated heterocycles. The number of sulfonamides is 1. The summed E-state index contributed by atoms with van der Waals surface area (Å²) in [6.45, 7) is 9.00. The number of pyridine rings is 1. The Balaban J connectivity index is 1.73. The van der Waals surface area contributed by atoms with Gasteiger partial charge in [-0.05, 0) is 61.7 Å². The molecule has 2 aromatic heterocycles. The number of piperidine rings is 1. The number of hydrogen-bond donors (Lipinski definition) is 1. The molecule has 0 aliphatic carbocycles. The summed E-state index contributed by atoms with van der Waals surface area (Å²) in [6, 6.07) is 10.5. The average Bonchev–Trinajstić information content (AvgIpc) is 2.95. The minimum Gasteiger partial charge on any atom is -0.472 e. The van der Waals surface area contributed by atoms with Crippen molar-refractivity contribution in [2.75, 3.05) is 24.9 Å². The maximum Gasteiger partial charge on any atom is 0.410 e. The number of hydrogen-bond acceptors (Lipinski definition) is 12. The quantitative estimate of drug-likeness (QED) is 0.211. The molecular formula is C29H34N6O9S. The number of nitrogens with zero attached hydrogens (tertiary/aromatic N) is 5. The summed E-state index contributed by atoms with van der Waals surface area (Å²) in [5, 5.41) is 10.6. The molecule has 1 aliphatic heterocycles. The van der Waals surface area contributed by atoms with E-state index in [0.29, 0.717) is 11.3 Å². The topological polar surface area (TPSA) is 193 Å². The second kappa shape index (κ2) is 13.0. The predicted molar refractivity (Wildman–Crippen MR) is 161 cm³/mol. The molecule has 15 nitrogen and oxygen atoms in total. The Kier molecular flexibility index (Phi) is 9.56. The number of carbonyl (C=O) groups is 2. The molecular weight excluding hydrogens is 608 g/mol. The van der Waals surface area contributed by atoms with Crippen molar-refractivity contribution in [2.45, 2.75) is 57.8 Å². The summed E-state index contributed by atoms with van der Waals surface area (Å²) < 4.78 is 45.3. The van der Waals surface area contributed by atoms with E-state index < -0.39 is 55.5 Å². The first-order chi connectivity index (χ1) is 21.1. The number of amides is 1. The molecule has 4 rings (SSSR count). The smallest absolute Gasteiger partial charge is 0.410 e. The van der Waals surface area contributed by atoms with Gasteiger partial charge < -0.3 is 29.2 Å². The standard InChI is InChI=1S/C29H34N6O9S/c1-17-9-7-10-18(2)25(17)21-14-23(32-27(30-21)33-45(40,41)24-12-8-11-22(31-24)35(38)39)43-20-13-19(26(36)42-6)15-34(16-20)28(37)44-29(3,4)5/h7-12,14,19-20H,13,15-16H2,1-6H3,(H,30,32,33). The van der Waals surface area contributed by atoms with Crippen molar-refractivity contribution in [2.24, 2.45) is 5.92 Å². The van der Waals surface area contributed by atoms with Crippen molar-refractivity contribution in [3.63, 3.8) is 0 Å². The molecule has 16 heteroatoms. The van der Waals surface area contributed by atoms with E-state index in [2.05, 4.69) is 19.7 Å². The number of ether oxygens (including phenoxy) is 3. The van der Waals surface area contributed by atoms with Gasteiger partial charge in [-0.2, -0.15) is 13.4 Å². The van der Waals surface area contributed by atoms with Crippen LogP contribution in [0.2, 0.25) is 0 Å². The number of likely N-dealkylation sites (tertiary alicyclic amines) is 1. The van der Waals surface area contributed by atoms with Crippen LogP contribution in [0.25, 0.3) is 11.3 Å². The molecule has 0 bridgehead atoms. The zero-order valence-electron chi connectivity index (χ0n) is 25.6. The van der Waals surface area contributed by atoms with E-state index in [1.165, 1.54) is 24.1 Å². The molecule has 1 aromatic carbocycles. The van der Waals surface area contributed by atoms with Gasteiger partial charge in [-0.25, -0.2) is 14.5 Å². The molecule has 3 heterocycles. The fourth-order valence-corrected chi connectivity index (χ4v) is 5.73. The Hall–Kier alpha value is -4.86. The number of benzene rings is 1. The van der Waals surface area contributed by atoms with Gasteiger partial charge in [0.05, 0.1) is 25.3 Å². The van der Waals surface area contributed by atoms with E-state index >= 15 is 0 Å². The number of anilines is 1. The highest BCUT2D eigenvalue weighted by molar-refractivity contribution is 7.92. The molecule has 45 heavy (non-hydrogen) atoms. The second-order valence-electron chi connectivity index (χ2n) is 11.5. The van der Waals surface area contributed by atoms with Crippen LogP contribution >= 0.6 is 0 Å². The summed E-state index contributed by atoms with van der Waals surface area (Å²) in [6.07, 6.45) is -1.23. The van der Waals surface area contributed by atoms with Gasteiger partial charge in [0.25, 0.3) is 5.03 Å². The van der Waals surface area contributed by atoms with Crippen LogP contribution in [0.15, 0.2) is 47.5 Å². The third kappa shape index (κ3) is 8.20. The summed E-state index contributed by atoms with van der Waals surface area (Å²) in [7, 11) is -3.23. The van der Waals surface area contributed by atoms with E-state index in [1.807, 2.05) is 32.0 Å². The maximum absolute atomic E-state index is 13.2. The Bertz CT molecular complexity index is 1710. The van der Waals surface area contributed by atoms with E-state index in [0.717, 1.165) is 23.3 Å². The number of esters is 1. The Labute approximate surface area is 260 Å². The highest BCUT2D eigenvalue weighted by Crippen LogP contribution is 2.31. The first-order valence-corrected chi connectivity index (χ1v) is 15.4. The molecule has 0 saturated carbocycles. The molecule has 2 unspecified atom stereocenters. The lowest BCUT2D eigenvalue weighted by molar-refractivity contribution is -0.390. The number of nitro groups is 1. The number of nitrogens with one attached hydrogen (secondary N) is 1. The van der Waals surface area contributed by atoms with E-state index in [1.54, 1.807) is 20.8 Å². The van der Waals surface area contributed by atoms with Gasteiger partial charge in [0.1, 0.15) is 11.7 Å². The number of methoxy groups -OCH3 is 1. The first-order valence-electron chi connectivity index (χ1n) is 13.9. The third-order valence-electron chi connectivity index (χ3n) is 6.72. The van der Waals surface area contributed by atoms with Crippen LogP contribution in [0, 0.1) is 29.9 Å². The van der Waals surface area contributed by atoms with Crippen molar-refractivity contribution in [1.29, 1.82) is 0 Å². The number of rotatable bonds is 8. The molecule has 1 fully saturated rings. The van der Waals surface area contributed by atoms with Crippen LogP contribution in [0.5, 0.6) is 5.88 Å². The summed E-state index contributed by atoms with van der Waals surface area (Å²) in [4.78, 5) is 49.5. The Morgan fingerprint density at radius 3 is 2.33 bits per heavy atom. The van der Waals surface area contributed by atoms with E-state index in [4.69, 9.17) is 14.2 Å².